The third-order valence-electron chi connectivity index (χ3n) is 3.39. The maximum Gasteiger partial charge on any atom is 0.243 e. The van der Waals surface area contributed by atoms with Crippen LogP contribution in [0.2, 0.25) is 0 Å². The standard InChI is InChI=1S/C13H24N4O3/c1-3-5-17-6-8-19-11(9-17)12-15-13(20-16-12)10(14)4-7-18-2/h10-11H,3-9,14H2,1-2H3. The van der Waals surface area contributed by atoms with Gasteiger partial charge in [0, 0.05) is 26.8 Å². The Bertz CT molecular complexity index is 397. The molecule has 0 aliphatic carbocycles. The van der Waals surface area contributed by atoms with Gasteiger partial charge < -0.3 is 19.7 Å². The Hall–Kier alpha value is -1.02. The van der Waals surface area contributed by atoms with Gasteiger partial charge in [0.2, 0.25) is 11.7 Å². The first-order valence-corrected chi connectivity index (χ1v) is 7.16. The highest BCUT2D eigenvalue weighted by molar-refractivity contribution is 4.97. The third-order valence-corrected chi connectivity index (χ3v) is 3.39. The minimum absolute atomic E-state index is 0.123. The number of aromatic nitrogens is 2. The van der Waals surface area contributed by atoms with Gasteiger partial charge >= 0.3 is 0 Å². The van der Waals surface area contributed by atoms with Gasteiger partial charge in [0.1, 0.15) is 6.10 Å². The van der Waals surface area contributed by atoms with Gasteiger partial charge in [0.05, 0.1) is 12.6 Å². The van der Waals surface area contributed by atoms with Crippen molar-refractivity contribution in [2.45, 2.75) is 31.9 Å². The summed E-state index contributed by atoms with van der Waals surface area (Å²) < 4.78 is 16.0. The third kappa shape index (κ3) is 3.99. The van der Waals surface area contributed by atoms with E-state index in [4.69, 9.17) is 19.7 Å². The normalized spacial score (nSPS) is 22.1. The summed E-state index contributed by atoms with van der Waals surface area (Å²) in [5, 5.41) is 4.00. The van der Waals surface area contributed by atoms with Gasteiger partial charge in [-0.1, -0.05) is 12.1 Å². The molecule has 2 atom stereocenters. The van der Waals surface area contributed by atoms with E-state index < -0.39 is 0 Å². The maximum atomic E-state index is 5.97. The van der Waals surface area contributed by atoms with Crippen molar-refractivity contribution in [1.82, 2.24) is 15.0 Å². The summed E-state index contributed by atoms with van der Waals surface area (Å²) in [4.78, 5) is 6.73. The van der Waals surface area contributed by atoms with Crippen molar-refractivity contribution in [3.63, 3.8) is 0 Å². The Kier molecular flexibility index (Phi) is 5.90. The van der Waals surface area contributed by atoms with Crippen LogP contribution in [0.15, 0.2) is 4.52 Å². The lowest BCUT2D eigenvalue weighted by atomic mass is 10.2. The molecule has 0 radical (unpaired) electrons. The number of morpholine rings is 1. The van der Waals surface area contributed by atoms with Gasteiger partial charge in [0.15, 0.2) is 0 Å². The first kappa shape index (κ1) is 15.4. The highest BCUT2D eigenvalue weighted by Gasteiger charge is 2.26. The molecule has 7 nitrogen and oxygen atoms in total. The van der Waals surface area contributed by atoms with Crippen molar-refractivity contribution < 1.29 is 14.0 Å². The van der Waals surface area contributed by atoms with Gasteiger partial charge in [-0.05, 0) is 19.4 Å². The van der Waals surface area contributed by atoms with Crippen molar-refractivity contribution in [2.75, 3.05) is 40.0 Å². The Balaban J connectivity index is 1.93. The molecule has 2 rings (SSSR count). The van der Waals surface area contributed by atoms with Crippen LogP contribution < -0.4 is 5.73 Å². The smallest absolute Gasteiger partial charge is 0.243 e. The van der Waals surface area contributed by atoms with E-state index in [1.807, 2.05) is 0 Å². The molecule has 2 heterocycles. The van der Waals surface area contributed by atoms with E-state index in [2.05, 4.69) is 22.0 Å². The number of nitrogens with zero attached hydrogens (tertiary/aromatic N) is 3. The second-order valence-corrected chi connectivity index (χ2v) is 5.04. The summed E-state index contributed by atoms with van der Waals surface area (Å²) in [5.74, 6) is 1.04. The fraction of sp³-hybridized carbons (Fsp3) is 0.846. The molecular formula is C13H24N4O3. The quantitative estimate of drug-likeness (QED) is 0.795. The molecule has 20 heavy (non-hydrogen) atoms. The van der Waals surface area contributed by atoms with Gasteiger partial charge in [-0.25, -0.2) is 0 Å². The fourth-order valence-electron chi connectivity index (χ4n) is 2.28. The Morgan fingerprint density at radius 3 is 3.15 bits per heavy atom. The number of rotatable bonds is 7. The maximum absolute atomic E-state index is 5.97. The zero-order valence-electron chi connectivity index (χ0n) is 12.2. The van der Waals surface area contributed by atoms with Gasteiger partial charge in [-0.2, -0.15) is 4.98 Å². The fourth-order valence-corrected chi connectivity index (χ4v) is 2.28. The molecule has 1 saturated heterocycles. The van der Waals surface area contributed by atoms with Crippen LogP contribution in [0.5, 0.6) is 0 Å². The van der Waals surface area contributed by atoms with Crippen molar-refractivity contribution >= 4 is 0 Å². The van der Waals surface area contributed by atoms with Crippen molar-refractivity contribution in [3.8, 4) is 0 Å². The highest BCUT2D eigenvalue weighted by Crippen LogP contribution is 2.21. The van der Waals surface area contributed by atoms with Crippen LogP contribution in [0.25, 0.3) is 0 Å². The summed E-state index contributed by atoms with van der Waals surface area (Å²) in [6.45, 7) is 6.28. The summed E-state index contributed by atoms with van der Waals surface area (Å²) in [7, 11) is 1.64. The molecule has 0 bridgehead atoms. The predicted molar refractivity (Wildman–Crippen MR) is 73.1 cm³/mol. The average molecular weight is 284 g/mol. The van der Waals surface area contributed by atoms with E-state index in [0.717, 1.165) is 26.1 Å². The molecule has 1 aliphatic rings. The minimum Gasteiger partial charge on any atom is -0.385 e. The lowest BCUT2D eigenvalue weighted by molar-refractivity contribution is -0.0350. The van der Waals surface area contributed by atoms with Crippen LogP contribution in [0.1, 0.15) is 43.6 Å². The van der Waals surface area contributed by atoms with Crippen LogP contribution in [0, 0.1) is 0 Å². The molecule has 1 aliphatic heterocycles. The second-order valence-electron chi connectivity index (χ2n) is 5.04. The van der Waals surface area contributed by atoms with Crippen molar-refractivity contribution in [1.29, 1.82) is 0 Å². The molecule has 114 valence electrons. The lowest BCUT2D eigenvalue weighted by Gasteiger charge is -2.30. The van der Waals surface area contributed by atoms with Gasteiger partial charge in [-0.3, -0.25) is 4.90 Å². The van der Waals surface area contributed by atoms with Crippen molar-refractivity contribution in [3.05, 3.63) is 11.7 Å². The lowest BCUT2D eigenvalue weighted by Crippen LogP contribution is -2.39. The molecule has 2 unspecified atom stereocenters. The monoisotopic (exact) mass is 284 g/mol. The largest absolute Gasteiger partial charge is 0.385 e. The summed E-state index contributed by atoms with van der Waals surface area (Å²) in [5.41, 5.74) is 5.97. The molecule has 0 spiro atoms. The number of ether oxygens (including phenoxy) is 2. The molecule has 1 aromatic heterocycles. The van der Waals surface area contributed by atoms with Crippen molar-refractivity contribution in [2.24, 2.45) is 5.73 Å². The van der Waals surface area contributed by atoms with E-state index in [1.54, 1.807) is 7.11 Å². The molecule has 0 aromatic carbocycles. The minimum atomic E-state index is -0.286. The van der Waals surface area contributed by atoms with Crippen LogP contribution in [-0.2, 0) is 9.47 Å². The predicted octanol–water partition coefficient (Wildman–Crippen LogP) is 0.889. The van der Waals surface area contributed by atoms with E-state index >= 15 is 0 Å². The average Bonchev–Trinajstić information content (AvgIpc) is 2.95. The molecule has 0 saturated carbocycles. The van der Waals surface area contributed by atoms with Gasteiger partial charge in [-0.15, -0.1) is 0 Å². The second kappa shape index (κ2) is 7.68. The SMILES string of the molecule is CCCN1CCOC(c2noc(C(N)CCOC)n2)C1. The van der Waals surface area contributed by atoms with E-state index in [9.17, 15) is 0 Å². The molecule has 0 amide bonds. The molecule has 1 fully saturated rings. The summed E-state index contributed by atoms with van der Waals surface area (Å²) >= 11 is 0. The Morgan fingerprint density at radius 2 is 2.40 bits per heavy atom. The topological polar surface area (TPSA) is 86.6 Å². The molecule has 2 N–H and O–H groups in total. The number of nitrogens with two attached hydrogens (primary N) is 1. The van der Waals surface area contributed by atoms with E-state index in [-0.39, 0.29) is 12.1 Å². The first-order valence-electron chi connectivity index (χ1n) is 7.16. The molecule has 1 aromatic rings. The molecular weight excluding hydrogens is 260 g/mol. The van der Waals surface area contributed by atoms with Crippen LogP contribution >= 0.6 is 0 Å². The number of hydrogen-bond donors (Lipinski definition) is 1. The number of methoxy groups -OCH3 is 1. The highest BCUT2D eigenvalue weighted by atomic mass is 16.5. The Morgan fingerprint density at radius 1 is 1.55 bits per heavy atom. The Labute approximate surface area is 119 Å². The van der Waals surface area contributed by atoms with E-state index in [1.165, 1.54) is 0 Å². The zero-order chi connectivity index (χ0) is 14.4. The first-order chi connectivity index (χ1) is 9.74. The molecule has 7 heteroatoms. The van der Waals surface area contributed by atoms with Gasteiger partial charge in [0.25, 0.3) is 0 Å². The van der Waals surface area contributed by atoms with Crippen LogP contribution in [0.3, 0.4) is 0 Å². The summed E-state index contributed by atoms with van der Waals surface area (Å²) in [6.07, 6.45) is 1.67. The van der Waals surface area contributed by atoms with Crippen LogP contribution in [-0.4, -0.2) is 55.0 Å². The number of hydrogen-bond acceptors (Lipinski definition) is 7. The summed E-state index contributed by atoms with van der Waals surface area (Å²) in [6, 6.07) is -0.286. The van der Waals surface area contributed by atoms with E-state index in [0.29, 0.717) is 31.3 Å². The van der Waals surface area contributed by atoms with Crippen LogP contribution in [0.4, 0.5) is 0 Å². The zero-order valence-corrected chi connectivity index (χ0v) is 12.2.